The fraction of sp³-hybridized carbons (Fsp3) is 0.0588. The number of hydrazine groups is 1. The van der Waals surface area contributed by atoms with Crippen molar-refractivity contribution in [3.63, 3.8) is 0 Å². The molecule has 3 aromatic rings. The highest BCUT2D eigenvalue weighted by atomic mass is 35.5. The quantitative estimate of drug-likeness (QED) is 0.562. The summed E-state index contributed by atoms with van der Waals surface area (Å²) in [6.07, 6.45) is 0. The lowest BCUT2D eigenvalue weighted by atomic mass is 9.96. The molecule has 0 aliphatic carbocycles. The third-order valence-electron chi connectivity index (χ3n) is 3.56. The van der Waals surface area contributed by atoms with Crippen molar-refractivity contribution in [1.29, 1.82) is 0 Å². The van der Waals surface area contributed by atoms with Crippen LogP contribution in [0.2, 0.25) is 5.02 Å². The number of hydrogen-bond donors (Lipinski definition) is 2. The van der Waals surface area contributed by atoms with Gasteiger partial charge in [0.2, 0.25) is 0 Å². The molecule has 0 aliphatic heterocycles. The number of hydrogen-bond acceptors (Lipinski definition) is 2. The molecule has 0 spiro atoms. The van der Waals surface area contributed by atoms with Gasteiger partial charge in [-0.05, 0) is 34.5 Å². The highest BCUT2D eigenvalue weighted by molar-refractivity contribution is 6.31. The van der Waals surface area contributed by atoms with Crippen molar-refractivity contribution in [3.8, 4) is 0 Å². The Morgan fingerprint density at radius 1 is 0.952 bits per heavy atom. The standard InChI is InChI=1S/C17H14ClFN2/c18-14-6-3-7-15(19)16(14)17(21-20)13-9-8-11-4-1-2-5-12(11)10-13/h1-10,17,21H,20H2. The van der Waals surface area contributed by atoms with E-state index in [1.807, 2.05) is 42.5 Å². The van der Waals surface area contributed by atoms with E-state index in [-0.39, 0.29) is 5.82 Å². The van der Waals surface area contributed by atoms with Crippen molar-refractivity contribution < 1.29 is 4.39 Å². The van der Waals surface area contributed by atoms with E-state index in [9.17, 15) is 4.39 Å². The Balaban J connectivity index is 2.14. The molecule has 0 amide bonds. The molecule has 21 heavy (non-hydrogen) atoms. The molecule has 0 heterocycles. The maximum Gasteiger partial charge on any atom is 0.129 e. The van der Waals surface area contributed by atoms with Gasteiger partial charge >= 0.3 is 0 Å². The lowest BCUT2D eigenvalue weighted by molar-refractivity contribution is 0.560. The average molecular weight is 301 g/mol. The van der Waals surface area contributed by atoms with Crippen LogP contribution in [0, 0.1) is 5.82 Å². The lowest BCUT2D eigenvalue weighted by Gasteiger charge is -2.19. The lowest BCUT2D eigenvalue weighted by Crippen LogP contribution is -2.29. The van der Waals surface area contributed by atoms with Crippen LogP contribution in [0.5, 0.6) is 0 Å². The third kappa shape index (κ3) is 2.63. The van der Waals surface area contributed by atoms with E-state index in [0.29, 0.717) is 10.6 Å². The van der Waals surface area contributed by atoms with Crippen LogP contribution in [0.15, 0.2) is 60.7 Å². The molecule has 3 aromatic carbocycles. The molecule has 0 saturated heterocycles. The minimum Gasteiger partial charge on any atom is -0.271 e. The first-order valence-corrected chi connectivity index (χ1v) is 6.97. The Labute approximate surface area is 127 Å². The Morgan fingerprint density at radius 2 is 1.71 bits per heavy atom. The van der Waals surface area contributed by atoms with Gasteiger partial charge < -0.3 is 0 Å². The normalized spacial score (nSPS) is 12.5. The van der Waals surface area contributed by atoms with Crippen molar-refractivity contribution in [1.82, 2.24) is 5.43 Å². The van der Waals surface area contributed by atoms with Gasteiger partial charge in [0.05, 0.1) is 6.04 Å². The summed E-state index contributed by atoms with van der Waals surface area (Å²) in [4.78, 5) is 0. The maximum absolute atomic E-state index is 14.1. The fourth-order valence-electron chi connectivity index (χ4n) is 2.52. The second-order valence-electron chi connectivity index (χ2n) is 4.84. The van der Waals surface area contributed by atoms with Gasteiger partial charge in [0.15, 0.2) is 0 Å². The van der Waals surface area contributed by atoms with Gasteiger partial charge in [-0.15, -0.1) is 0 Å². The van der Waals surface area contributed by atoms with Gasteiger partial charge in [-0.3, -0.25) is 5.84 Å². The highest BCUT2D eigenvalue weighted by Gasteiger charge is 2.19. The van der Waals surface area contributed by atoms with Crippen molar-refractivity contribution >= 4 is 22.4 Å². The van der Waals surface area contributed by atoms with E-state index < -0.39 is 6.04 Å². The summed E-state index contributed by atoms with van der Waals surface area (Å²) in [6, 6.07) is 18.0. The van der Waals surface area contributed by atoms with Gasteiger partial charge in [-0.25, -0.2) is 9.82 Å². The van der Waals surface area contributed by atoms with Crippen molar-refractivity contribution in [2.24, 2.45) is 5.84 Å². The average Bonchev–Trinajstić information content (AvgIpc) is 2.50. The molecule has 2 nitrogen and oxygen atoms in total. The number of fused-ring (bicyclic) bond motifs is 1. The molecule has 106 valence electrons. The highest BCUT2D eigenvalue weighted by Crippen LogP contribution is 2.31. The Kier molecular flexibility index (Phi) is 3.88. The van der Waals surface area contributed by atoms with Gasteiger partial charge in [-0.1, -0.05) is 54.1 Å². The monoisotopic (exact) mass is 300 g/mol. The van der Waals surface area contributed by atoms with Gasteiger partial charge in [0.25, 0.3) is 0 Å². The van der Waals surface area contributed by atoms with Crippen LogP contribution in [0.4, 0.5) is 4.39 Å². The van der Waals surface area contributed by atoms with E-state index in [2.05, 4.69) is 5.43 Å². The maximum atomic E-state index is 14.1. The van der Waals surface area contributed by atoms with Crippen molar-refractivity contribution in [3.05, 3.63) is 82.6 Å². The van der Waals surface area contributed by atoms with E-state index in [1.54, 1.807) is 12.1 Å². The minimum atomic E-state index is -0.497. The van der Waals surface area contributed by atoms with Crippen molar-refractivity contribution in [2.75, 3.05) is 0 Å². The van der Waals surface area contributed by atoms with E-state index in [1.165, 1.54) is 6.07 Å². The molecule has 0 aliphatic rings. The molecular weight excluding hydrogens is 287 g/mol. The molecule has 3 N–H and O–H groups in total. The van der Waals surface area contributed by atoms with Crippen LogP contribution < -0.4 is 11.3 Å². The number of benzene rings is 3. The third-order valence-corrected chi connectivity index (χ3v) is 3.89. The van der Waals surface area contributed by atoms with Crippen LogP contribution in [-0.2, 0) is 0 Å². The first kappa shape index (κ1) is 14.0. The van der Waals surface area contributed by atoms with Crippen LogP contribution in [0.3, 0.4) is 0 Å². The summed E-state index contributed by atoms with van der Waals surface area (Å²) in [6.45, 7) is 0. The first-order chi connectivity index (χ1) is 10.2. The zero-order valence-corrected chi connectivity index (χ0v) is 11.9. The van der Waals surface area contributed by atoms with Crippen LogP contribution in [-0.4, -0.2) is 0 Å². The molecule has 0 radical (unpaired) electrons. The smallest absolute Gasteiger partial charge is 0.129 e. The molecular formula is C17H14ClFN2. The molecule has 0 fully saturated rings. The predicted octanol–water partition coefficient (Wildman–Crippen LogP) is 4.19. The second kappa shape index (κ2) is 5.82. The van der Waals surface area contributed by atoms with Gasteiger partial charge in [-0.2, -0.15) is 0 Å². The molecule has 0 aromatic heterocycles. The van der Waals surface area contributed by atoms with Gasteiger partial charge in [0.1, 0.15) is 5.82 Å². The summed E-state index contributed by atoms with van der Waals surface area (Å²) < 4.78 is 14.1. The predicted molar refractivity (Wildman–Crippen MR) is 84.5 cm³/mol. The molecule has 1 atom stereocenters. The Morgan fingerprint density at radius 3 is 2.43 bits per heavy atom. The first-order valence-electron chi connectivity index (χ1n) is 6.59. The van der Waals surface area contributed by atoms with Crippen LogP contribution >= 0.6 is 11.6 Å². The summed E-state index contributed by atoms with van der Waals surface area (Å²) in [7, 11) is 0. The largest absolute Gasteiger partial charge is 0.271 e. The number of rotatable bonds is 3. The minimum absolute atomic E-state index is 0.353. The fourth-order valence-corrected chi connectivity index (χ4v) is 2.79. The van der Waals surface area contributed by atoms with E-state index >= 15 is 0 Å². The molecule has 0 saturated carbocycles. The Hall–Kier alpha value is -1.94. The summed E-state index contributed by atoms with van der Waals surface area (Å²) in [5.41, 5.74) is 3.88. The van der Waals surface area contributed by atoms with Crippen LogP contribution in [0.25, 0.3) is 10.8 Å². The molecule has 4 heteroatoms. The SMILES string of the molecule is NNC(c1ccc2ccccc2c1)c1c(F)cccc1Cl. The summed E-state index contributed by atoms with van der Waals surface area (Å²) in [5.74, 6) is 5.27. The summed E-state index contributed by atoms with van der Waals surface area (Å²) >= 11 is 6.14. The molecule has 3 rings (SSSR count). The molecule has 1 unspecified atom stereocenters. The second-order valence-corrected chi connectivity index (χ2v) is 5.25. The zero-order valence-electron chi connectivity index (χ0n) is 11.2. The van der Waals surface area contributed by atoms with Gasteiger partial charge in [0, 0.05) is 10.6 Å². The molecule has 0 bridgehead atoms. The van der Waals surface area contributed by atoms with E-state index in [4.69, 9.17) is 17.4 Å². The van der Waals surface area contributed by atoms with Crippen LogP contribution in [0.1, 0.15) is 17.2 Å². The number of nitrogens with one attached hydrogen (secondary N) is 1. The van der Waals surface area contributed by atoms with E-state index in [0.717, 1.165) is 16.3 Å². The van der Waals surface area contributed by atoms with Crippen molar-refractivity contribution in [2.45, 2.75) is 6.04 Å². The number of nitrogens with two attached hydrogens (primary N) is 1. The topological polar surface area (TPSA) is 38.0 Å². The summed E-state index contributed by atoms with van der Waals surface area (Å²) in [5, 5.41) is 2.55. The zero-order chi connectivity index (χ0) is 14.8. The number of halogens is 2. The Bertz CT molecular complexity index is 768.